The van der Waals surface area contributed by atoms with E-state index >= 15 is 0 Å². The Hall–Kier alpha value is -2.21. The fourth-order valence-corrected chi connectivity index (χ4v) is 1.89. The highest BCUT2D eigenvalue weighted by Crippen LogP contribution is 2.16. The van der Waals surface area contributed by atoms with Gasteiger partial charge in [0.05, 0.1) is 11.2 Å². The monoisotopic (exact) mass is 287 g/mol. The number of benzene rings is 1. The zero-order valence-electron chi connectivity index (χ0n) is 12.6. The van der Waals surface area contributed by atoms with E-state index in [1.54, 1.807) is 23.1 Å². The van der Waals surface area contributed by atoms with Crippen molar-refractivity contribution in [1.82, 2.24) is 20.1 Å². The van der Waals surface area contributed by atoms with Gasteiger partial charge in [-0.15, -0.1) is 0 Å². The Bertz CT molecular complexity index is 608. The number of amides is 1. The second-order valence-electron chi connectivity index (χ2n) is 5.62. The number of aromatic nitrogens is 3. The number of nitrogens with one attached hydrogen (secondary N) is 1. The average Bonchev–Trinajstić information content (AvgIpc) is 3.01. The standard InChI is InChI=1S/C15H21N5O/c1-11(2)15(3,8-16)19-14(21)12-5-4-6-13(7-12)20-10-17-9-18-20/h4-7,9-11H,8,16H2,1-3H3,(H,19,21). The van der Waals surface area contributed by atoms with Gasteiger partial charge in [-0.1, -0.05) is 19.9 Å². The van der Waals surface area contributed by atoms with Crippen LogP contribution in [0.2, 0.25) is 0 Å². The van der Waals surface area contributed by atoms with E-state index in [4.69, 9.17) is 5.73 Å². The van der Waals surface area contributed by atoms with Crippen molar-refractivity contribution in [3.63, 3.8) is 0 Å². The van der Waals surface area contributed by atoms with Gasteiger partial charge >= 0.3 is 0 Å². The topological polar surface area (TPSA) is 85.8 Å². The molecule has 21 heavy (non-hydrogen) atoms. The van der Waals surface area contributed by atoms with E-state index in [1.165, 1.54) is 6.33 Å². The maximum absolute atomic E-state index is 12.4. The van der Waals surface area contributed by atoms with E-state index in [1.807, 2.05) is 32.9 Å². The summed E-state index contributed by atoms with van der Waals surface area (Å²) >= 11 is 0. The lowest BCUT2D eigenvalue weighted by atomic mass is 9.88. The first-order valence-electron chi connectivity index (χ1n) is 6.94. The summed E-state index contributed by atoms with van der Waals surface area (Å²) < 4.78 is 1.61. The molecule has 1 amide bonds. The number of rotatable bonds is 5. The molecule has 0 aliphatic rings. The van der Waals surface area contributed by atoms with Gasteiger partial charge in [0.1, 0.15) is 12.7 Å². The van der Waals surface area contributed by atoms with Gasteiger partial charge in [0.2, 0.25) is 0 Å². The van der Waals surface area contributed by atoms with E-state index in [0.717, 1.165) is 5.69 Å². The van der Waals surface area contributed by atoms with Crippen molar-refractivity contribution in [3.05, 3.63) is 42.5 Å². The average molecular weight is 287 g/mol. The molecule has 0 aliphatic carbocycles. The second-order valence-corrected chi connectivity index (χ2v) is 5.62. The Kier molecular flexibility index (Phi) is 4.37. The van der Waals surface area contributed by atoms with Crippen LogP contribution in [0.4, 0.5) is 0 Å². The summed E-state index contributed by atoms with van der Waals surface area (Å²) in [5.41, 5.74) is 6.74. The maximum atomic E-state index is 12.4. The van der Waals surface area contributed by atoms with Crippen LogP contribution in [0.1, 0.15) is 31.1 Å². The number of hydrogen-bond donors (Lipinski definition) is 2. The lowest BCUT2D eigenvalue weighted by Gasteiger charge is -2.33. The fourth-order valence-electron chi connectivity index (χ4n) is 1.89. The van der Waals surface area contributed by atoms with Gasteiger partial charge in [0.15, 0.2) is 0 Å². The molecule has 112 valence electrons. The van der Waals surface area contributed by atoms with Gasteiger partial charge in [-0.3, -0.25) is 4.79 Å². The molecule has 6 nitrogen and oxygen atoms in total. The van der Waals surface area contributed by atoms with E-state index < -0.39 is 5.54 Å². The first kappa shape index (κ1) is 15.2. The highest BCUT2D eigenvalue weighted by atomic mass is 16.1. The van der Waals surface area contributed by atoms with Crippen LogP contribution in [-0.4, -0.2) is 32.8 Å². The Labute approximate surface area is 124 Å². The molecule has 0 bridgehead atoms. The molecule has 2 aromatic rings. The molecule has 2 rings (SSSR count). The summed E-state index contributed by atoms with van der Waals surface area (Å²) in [6.07, 6.45) is 3.05. The van der Waals surface area contributed by atoms with Crippen LogP contribution in [0.15, 0.2) is 36.9 Å². The van der Waals surface area contributed by atoms with E-state index in [2.05, 4.69) is 15.4 Å². The van der Waals surface area contributed by atoms with Crippen molar-refractivity contribution in [1.29, 1.82) is 0 Å². The van der Waals surface area contributed by atoms with Crippen molar-refractivity contribution in [2.45, 2.75) is 26.3 Å². The van der Waals surface area contributed by atoms with Crippen LogP contribution in [0.5, 0.6) is 0 Å². The third-order valence-electron chi connectivity index (χ3n) is 3.89. The molecule has 0 saturated carbocycles. The minimum atomic E-state index is -0.430. The van der Waals surface area contributed by atoms with Crippen LogP contribution in [0.3, 0.4) is 0 Å². The summed E-state index contributed by atoms with van der Waals surface area (Å²) in [5.74, 6) is 0.101. The summed E-state index contributed by atoms with van der Waals surface area (Å²) in [6.45, 7) is 6.42. The lowest BCUT2D eigenvalue weighted by molar-refractivity contribution is 0.0883. The first-order valence-corrected chi connectivity index (χ1v) is 6.94. The largest absolute Gasteiger partial charge is 0.345 e. The van der Waals surface area contributed by atoms with Gasteiger partial charge < -0.3 is 11.1 Å². The number of hydrogen-bond acceptors (Lipinski definition) is 4. The van der Waals surface area contributed by atoms with Crippen molar-refractivity contribution in [3.8, 4) is 5.69 Å². The molecular weight excluding hydrogens is 266 g/mol. The molecular formula is C15H21N5O. The quantitative estimate of drug-likeness (QED) is 0.869. The van der Waals surface area contributed by atoms with Gasteiger partial charge in [0.25, 0.3) is 5.91 Å². The van der Waals surface area contributed by atoms with E-state index in [0.29, 0.717) is 12.1 Å². The second kappa shape index (κ2) is 6.05. The van der Waals surface area contributed by atoms with Gasteiger partial charge in [-0.05, 0) is 31.0 Å². The highest BCUT2D eigenvalue weighted by Gasteiger charge is 2.28. The van der Waals surface area contributed by atoms with Crippen LogP contribution in [-0.2, 0) is 0 Å². The van der Waals surface area contributed by atoms with Crippen LogP contribution in [0.25, 0.3) is 5.69 Å². The molecule has 1 heterocycles. The summed E-state index contributed by atoms with van der Waals surface area (Å²) in [5, 5.41) is 7.08. The molecule has 6 heteroatoms. The van der Waals surface area contributed by atoms with Crippen LogP contribution >= 0.6 is 0 Å². The lowest BCUT2D eigenvalue weighted by Crippen LogP contribution is -2.55. The molecule has 1 unspecified atom stereocenters. The van der Waals surface area contributed by atoms with Crippen molar-refractivity contribution < 1.29 is 4.79 Å². The Morgan fingerprint density at radius 3 is 2.81 bits per heavy atom. The predicted molar refractivity (Wildman–Crippen MR) is 81.1 cm³/mol. The Morgan fingerprint density at radius 2 is 2.24 bits per heavy atom. The van der Waals surface area contributed by atoms with E-state index in [9.17, 15) is 4.79 Å². The van der Waals surface area contributed by atoms with Crippen molar-refractivity contribution in [2.75, 3.05) is 6.54 Å². The van der Waals surface area contributed by atoms with Crippen molar-refractivity contribution in [2.24, 2.45) is 11.7 Å². The molecule has 3 N–H and O–H groups in total. The molecule has 0 radical (unpaired) electrons. The van der Waals surface area contributed by atoms with Crippen molar-refractivity contribution >= 4 is 5.91 Å². The minimum Gasteiger partial charge on any atom is -0.345 e. The first-order chi connectivity index (χ1) is 9.96. The van der Waals surface area contributed by atoms with Gasteiger partial charge in [-0.25, -0.2) is 9.67 Å². The zero-order valence-corrected chi connectivity index (χ0v) is 12.6. The van der Waals surface area contributed by atoms with Gasteiger partial charge in [-0.2, -0.15) is 5.10 Å². The molecule has 0 saturated heterocycles. The Morgan fingerprint density at radius 1 is 1.48 bits per heavy atom. The molecule has 0 spiro atoms. The minimum absolute atomic E-state index is 0.140. The predicted octanol–water partition coefficient (Wildman–Crippen LogP) is 1.37. The number of nitrogens with zero attached hydrogens (tertiary/aromatic N) is 3. The van der Waals surface area contributed by atoms with Crippen LogP contribution in [0, 0.1) is 5.92 Å². The molecule has 1 aromatic carbocycles. The third-order valence-corrected chi connectivity index (χ3v) is 3.89. The number of nitrogens with two attached hydrogens (primary N) is 1. The third kappa shape index (κ3) is 3.28. The summed E-state index contributed by atoms with van der Waals surface area (Å²) in [6, 6.07) is 7.24. The smallest absolute Gasteiger partial charge is 0.251 e. The summed E-state index contributed by atoms with van der Waals surface area (Å²) in [4.78, 5) is 16.3. The molecule has 0 aliphatic heterocycles. The normalized spacial score (nSPS) is 14.0. The highest BCUT2D eigenvalue weighted by molar-refractivity contribution is 5.95. The van der Waals surface area contributed by atoms with Gasteiger partial charge in [0, 0.05) is 12.1 Å². The van der Waals surface area contributed by atoms with E-state index in [-0.39, 0.29) is 11.8 Å². The molecule has 0 fully saturated rings. The maximum Gasteiger partial charge on any atom is 0.251 e. The number of carbonyl (C=O) groups excluding carboxylic acids is 1. The number of carbonyl (C=O) groups is 1. The Balaban J connectivity index is 2.22. The molecule has 1 aromatic heterocycles. The van der Waals surface area contributed by atoms with Crippen LogP contribution < -0.4 is 11.1 Å². The summed E-state index contributed by atoms with van der Waals surface area (Å²) in [7, 11) is 0. The SMILES string of the molecule is CC(C)C(C)(CN)NC(=O)c1cccc(-n2cncn2)c1. The zero-order chi connectivity index (χ0) is 15.5. The molecule has 1 atom stereocenters. The fraction of sp³-hybridized carbons (Fsp3) is 0.400.